The van der Waals surface area contributed by atoms with Gasteiger partial charge in [-0.05, 0) is 13.8 Å². The lowest BCUT2D eigenvalue weighted by Gasteiger charge is -2.44. The summed E-state index contributed by atoms with van der Waals surface area (Å²) in [5, 5.41) is 5.39. The van der Waals surface area contributed by atoms with Crippen LogP contribution in [0.1, 0.15) is 34.1 Å². The Morgan fingerprint density at radius 3 is 2.48 bits per heavy atom. The number of carbonyl (C=O) groups is 2. The van der Waals surface area contributed by atoms with E-state index in [4.69, 9.17) is 15.2 Å². The van der Waals surface area contributed by atoms with Crippen molar-refractivity contribution in [3.8, 4) is 0 Å². The second-order valence-corrected chi connectivity index (χ2v) is 6.35. The molecule has 122 valence electrons. The predicted molar refractivity (Wildman–Crippen MR) is 78.4 cm³/mol. The first-order valence-electron chi connectivity index (χ1n) is 7.24. The fourth-order valence-electron chi connectivity index (χ4n) is 2.01. The molecular weight excluding hydrogens is 274 g/mol. The summed E-state index contributed by atoms with van der Waals surface area (Å²) in [5.41, 5.74) is 4.88. The van der Waals surface area contributed by atoms with Gasteiger partial charge >= 0.3 is 0 Å². The molecule has 0 unspecified atom stereocenters. The van der Waals surface area contributed by atoms with Crippen LogP contribution < -0.4 is 16.4 Å². The monoisotopic (exact) mass is 301 g/mol. The number of carbonyl (C=O) groups excluding carboxylic acids is 2. The highest BCUT2D eigenvalue weighted by atomic mass is 16.7. The van der Waals surface area contributed by atoms with Gasteiger partial charge in [0.15, 0.2) is 5.79 Å². The van der Waals surface area contributed by atoms with Crippen molar-refractivity contribution >= 4 is 11.8 Å². The van der Waals surface area contributed by atoms with Gasteiger partial charge in [-0.3, -0.25) is 9.59 Å². The summed E-state index contributed by atoms with van der Waals surface area (Å²) in [6.07, 6.45) is -0.382. The SMILES string of the molecule is CC1(C)OCC(C)(C)[C@H](C(=O)NCCC(=O)NCCN)O1. The molecule has 1 saturated heterocycles. The number of nitrogens with one attached hydrogen (secondary N) is 2. The van der Waals surface area contributed by atoms with Gasteiger partial charge in [-0.15, -0.1) is 0 Å². The van der Waals surface area contributed by atoms with Crippen molar-refractivity contribution in [2.45, 2.75) is 46.0 Å². The quantitative estimate of drug-likeness (QED) is 0.627. The van der Waals surface area contributed by atoms with Crippen LogP contribution in [-0.4, -0.2) is 49.9 Å². The zero-order valence-electron chi connectivity index (χ0n) is 13.3. The van der Waals surface area contributed by atoms with Crippen LogP contribution in [0.4, 0.5) is 0 Å². The van der Waals surface area contributed by atoms with E-state index in [1.54, 1.807) is 13.8 Å². The molecule has 2 amide bonds. The molecule has 1 fully saturated rings. The molecule has 1 rings (SSSR count). The maximum Gasteiger partial charge on any atom is 0.249 e. The zero-order chi connectivity index (χ0) is 16.1. The molecule has 0 saturated carbocycles. The molecule has 1 heterocycles. The van der Waals surface area contributed by atoms with E-state index in [1.165, 1.54) is 0 Å². The average molecular weight is 301 g/mol. The van der Waals surface area contributed by atoms with Gasteiger partial charge in [0.25, 0.3) is 0 Å². The highest BCUT2D eigenvalue weighted by Gasteiger charge is 2.45. The Morgan fingerprint density at radius 2 is 1.86 bits per heavy atom. The Labute approximate surface area is 125 Å². The number of amides is 2. The van der Waals surface area contributed by atoms with Crippen LogP contribution in [0.15, 0.2) is 0 Å². The first-order chi connectivity index (χ1) is 9.68. The molecule has 1 aliphatic rings. The third-order valence-corrected chi connectivity index (χ3v) is 3.26. The summed E-state index contributed by atoms with van der Waals surface area (Å²) in [7, 11) is 0. The van der Waals surface area contributed by atoms with E-state index in [9.17, 15) is 9.59 Å². The summed E-state index contributed by atoms with van der Waals surface area (Å²) in [6.45, 7) is 8.95. The fourth-order valence-corrected chi connectivity index (χ4v) is 2.01. The Hall–Kier alpha value is -1.18. The van der Waals surface area contributed by atoms with Gasteiger partial charge in [0, 0.05) is 31.5 Å². The highest BCUT2D eigenvalue weighted by molar-refractivity contribution is 5.82. The van der Waals surface area contributed by atoms with E-state index in [1.807, 2.05) is 13.8 Å². The second-order valence-electron chi connectivity index (χ2n) is 6.35. The summed E-state index contributed by atoms with van der Waals surface area (Å²) in [6, 6.07) is 0. The molecule has 0 radical (unpaired) electrons. The van der Waals surface area contributed by atoms with Gasteiger partial charge in [0.05, 0.1) is 6.61 Å². The molecule has 0 bridgehead atoms. The first kappa shape index (κ1) is 17.9. The van der Waals surface area contributed by atoms with E-state index in [0.29, 0.717) is 19.7 Å². The van der Waals surface area contributed by atoms with Gasteiger partial charge in [-0.2, -0.15) is 0 Å². The van der Waals surface area contributed by atoms with Crippen molar-refractivity contribution < 1.29 is 19.1 Å². The Bertz CT molecular complexity index is 382. The van der Waals surface area contributed by atoms with Gasteiger partial charge < -0.3 is 25.8 Å². The molecule has 1 aliphatic heterocycles. The van der Waals surface area contributed by atoms with Crippen LogP contribution in [0, 0.1) is 5.41 Å². The smallest absolute Gasteiger partial charge is 0.249 e. The lowest BCUT2D eigenvalue weighted by molar-refractivity contribution is -0.304. The minimum absolute atomic E-state index is 0.131. The maximum absolute atomic E-state index is 12.3. The number of rotatable bonds is 6. The fraction of sp³-hybridized carbons (Fsp3) is 0.857. The lowest BCUT2D eigenvalue weighted by atomic mass is 9.85. The molecule has 0 spiro atoms. The predicted octanol–water partition coefficient (Wildman–Crippen LogP) is -0.255. The zero-order valence-corrected chi connectivity index (χ0v) is 13.3. The van der Waals surface area contributed by atoms with E-state index in [0.717, 1.165) is 0 Å². The normalized spacial score (nSPS) is 23.4. The van der Waals surface area contributed by atoms with Crippen LogP contribution in [-0.2, 0) is 19.1 Å². The van der Waals surface area contributed by atoms with Crippen molar-refractivity contribution in [2.75, 3.05) is 26.2 Å². The van der Waals surface area contributed by atoms with Crippen molar-refractivity contribution in [2.24, 2.45) is 11.1 Å². The van der Waals surface area contributed by atoms with Crippen molar-refractivity contribution in [3.05, 3.63) is 0 Å². The van der Waals surface area contributed by atoms with Crippen molar-refractivity contribution in [3.63, 3.8) is 0 Å². The van der Waals surface area contributed by atoms with E-state index in [-0.39, 0.29) is 24.8 Å². The summed E-state index contributed by atoms with van der Waals surface area (Å²) in [5.74, 6) is -1.13. The molecule has 4 N–H and O–H groups in total. The van der Waals surface area contributed by atoms with Gasteiger partial charge in [-0.25, -0.2) is 0 Å². The topological polar surface area (TPSA) is 103 Å². The van der Waals surface area contributed by atoms with Crippen molar-refractivity contribution in [1.82, 2.24) is 10.6 Å². The summed E-state index contributed by atoms with van der Waals surface area (Å²) < 4.78 is 11.3. The van der Waals surface area contributed by atoms with Crippen LogP contribution in [0.25, 0.3) is 0 Å². The van der Waals surface area contributed by atoms with Gasteiger partial charge in [-0.1, -0.05) is 13.8 Å². The number of ether oxygens (including phenoxy) is 2. The standard InChI is InChI=1S/C14H27N3O4/c1-13(2)9-20-14(3,4)21-11(13)12(19)17-7-5-10(18)16-8-6-15/h11H,5-9,15H2,1-4H3,(H,16,18)(H,17,19)/t11-/m0/s1. The average Bonchev–Trinajstić information content (AvgIpc) is 2.39. The van der Waals surface area contributed by atoms with Crippen LogP contribution >= 0.6 is 0 Å². The van der Waals surface area contributed by atoms with E-state index >= 15 is 0 Å². The first-order valence-corrected chi connectivity index (χ1v) is 7.24. The number of hydrogen-bond donors (Lipinski definition) is 3. The Kier molecular flexibility index (Phi) is 6.12. The minimum Gasteiger partial charge on any atom is -0.355 e. The maximum atomic E-state index is 12.3. The van der Waals surface area contributed by atoms with Crippen molar-refractivity contribution in [1.29, 1.82) is 0 Å². The third-order valence-electron chi connectivity index (χ3n) is 3.26. The van der Waals surface area contributed by atoms with Crippen LogP contribution in [0.5, 0.6) is 0 Å². The molecule has 21 heavy (non-hydrogen) atoms. The van der Waals surface area contributed by atoms with E-state index in [2.05, 4.69) is 10.6 Å². The van der Waals surface area contributed by atoms with Crippen LogP contribution in [0.2, 0.25) is 0 Å². The number of hydrogen-bond acceptors (Lipinski definition) is 5. The van der Waals surface area contributed by atoms with E-state index < -0.39 is 17.3 Å². The van der Waals surface area contributed by atoms with Gasteiger partial charge in [0.1, 0.15) is 6.10 Å². The molecule has 0 aromatic carbocycles. The molecule has 7 heteroatoms. The summed E-state index contributed by atoms with van der Waals surface area (Å²) >= 11 is 0. The third kappa shape index (κ3) is 5.61. The molecule has 0 aliphatic carbocycles. The molecule has 1 atom stereocenters. The Morgan fingerprint density at radius 1 is 1.19 bits per heavy atom. The minimum atomic E-state index is -0.782. The molecule has 0 aromatic rings. The number of nitrogens with two attached hydrogens (primary N) is 1. The molecule has 7 nitrogen and oxygen atoms in total. The van der Waals surface area contributed by atoms with Gasteiger partial charge in [0.2, 0.25) is 11.8 Å². The largest absolute Gasteiger partial charge is 0.355 e. The second kappa shape index (κ2) is 7.20. The Balaban J connectivity index is 2.44. The molecule has 0 aromatic heterocycles. The summed E-state index contributed by atoms with van der Waals surface area (Å²) in [4.78, 5) is 23.7. The highest BCUT2D eigenvalue weighted by Crippen LogP contribution is 2.34. The lowest BCUT2D eigenvalue weighted by Crippen LogP contribution is -2.56. The molecular formula is C14H27N3O4. The van der Waals surface area contributed by atoms with Crippen LogP contribution in [0.3, 0.4) is 0 Å².